The third-order valence-corrected chi connectivity index (χ3v) is 4.30. The Morgan fingerprint density at radius 2 is 1.41 bits per heavy atom. The van der Waals surface area contributed by atoms with Crippen LogP contribution in [-0.2, 0) is 0 Å². The molecule has 0 bridgehead atoms. The molecule has 2 rings (SSSR count). The van der Waals surface area contributed by atoms with Crippen molar-refractivity contribution in [2.75, 3.05) is 0 Å². The van der Waals surface area contributed by atoms with Gasteiger partial charge in [-0.15, -0.1) is 0 Å². The SMILES string of the molecule is [B]c1ccc(-c2ccc([B])cc2[Si](C)C)cc1. The first-order chi connectivity index (χ1) is 8.08. The van der Waals surface area contributed by atoms with E-state index in [2.05, 4.69) is 37.4 Å². The summed E-state index contributed by atoms with van der Waals surface area (Å²) in [5.41, 5.74) is 4.12. The molecule has 0 heterocycles. The van der Waals surface area contributed by atoms with Crippen molar-refractivity contribution in [1.82, 2.24) is 0 Å². The van der Waals surface area contributed by atoms with Crippen molar-refractivity contribution in [1.29, 1.82) is 0 Å². The van der Waals surface area contributed by atoms with Gasteiger partial charge in [0.05, 0.1) is 8.80 Å². The summed E-state index contributed by atoms with van der Waals surface area (Å²) in [4.78, 5) is 0. The van der Waals surface area contributed by atoms with Crippen molar-refractivity contribution in [2.24, 2.45) is 0 Å². The predicted octanol–water partition coefficient (Wildman–Crippen LogP) is 0.903. The molecule has 17 heavy (non-hydrogen) atoms. The minimum Gasteiger partial charge on any atom is -0.0968 e. The number of hydrogen-bond acceptors (Lipinski definition) is 0. The molecule has 0 aliphatic rings. The lowest BCUT2D eigenvalue weighted by Gasteiger charge is -2.13. The summed E-state index contributed by atoms with van der Waals surface area (Å²) in [6, 6.07) is 14.2. The molecule has 79 valence electrons. The summed E-state index contributed by atoms with van der Waals surface area (Å²) in [5, 5.41) is 1.37. The van der Waals surface area contributed by atoms with E-state index in [9.17, 15) is 0 Å². The van der Waals surface area contributed by atoms with Gasteiger partial charge in [0.2, 0.25) is 0 Å². The van der Waals surface area contributed by atoms with Crippen LogP contribution >= 0.6 is 0 Å². The maximum Gasteiger partial charge on any atom is 0.113 e. The Kier molecular flexibility index (Phi) is 3.58. The van der Waals surface area contributed by atoms with Crippen LogP contribution in [0.1, 0.15) is 0 Å². The summed E-state index contributed by atoms with van der Waals surface area (Å²) in [5.74, 6) is 0. The van der Waals surface area contributed by atoms with Gasteiger partial charge >= 0.3 is 0 Å². The van der Waals surface area contributed by atoms with Gasteiger partial charge in [0.15, 0.2) is 0 Å². The molecule has 0 aliphatic heterocycles. The highest BCUT2D eigenvalue weighted by atomic mass is 28.3. The molecule has 0 nitrogen and oxygen atoms in total. The van der Waals surface area contributed by atoms with Crippen LogP contribution in [0.3, 0.4) is 0 Å². The second-order valence-electron chi connectivity index (χ2n) is 4.43. The lowest BCUT2D eigenvalue weighted by molar-refractivity contribution is 1.68. The number of rotatable bonds is 2. The van der Waals surface area contributed by atoms with Gasteiger partial charge in [0.25, 0.3) is 0 Å². The van der Waals surface area contributed by atoms with E-state index in [-0.39, 0.29) is 0 Å². The van der Waals surface area contributed by atoms with Gasteiger partial charge < -0.3 is 0 Å². The highest BCUT2D eigenvalue weighted by Gasteiger charge is 2.09. The largest absolute Gasteiger partial charge is 0.113 e. The molecule has 0 fully saturated rings. The fourth-order valence-electron chi connectivity index (χ4n) is 1.89. The Morgan fingerprint density at radius 1 is 0.824 bits per heavy atom. The molecule has 0 aromatic heterocycles. The minimum atomic E-state index is -0.532. The molecule has 0 saturated carbocycles. The molecule has 0 spiro atoms. The molecule has 2 aromatic rings. The summed E-state index contributed by atoms with van der Waals surface area (Å²) in [6.07, 6.45) is 0. The first kappa shape index (κ1) is 12.2. The molecular formula is C14H13B2Si. The molecule has 0 amide bonds. The highest BCUT2D eigenvalue weighted by molar-refractivity contribution is 6.72. The van der Waals surface area contributed by atoms with E-state index in [1.165, 1.54) is 16.3 Å². The van der Waals surface area contributed by atoms with Gasteiger partial charge in [-0.05, 0) is 11.1 Å². The van der Waals surface area contributed by atoms with Crippen LogP contribution in [0.2, 0.25) is 13.1 Å². The van der Waals surface area contributed by atoms with Crippen LogP contribution < -0.4 is 16.1 Å². The van der Waals surface area contributed by atoms with Crippen molar-refractivity contribution in [3.05, 3.63) is 42.5 Å². The van der Waals surface area contributed by atoms with E-state index in [0.29, 0.717) is 0 Å². The molecular weight excluding hydrogens is 218 g/mol. The van der Waals surface area contributed by atoms with Gasteiger partial charge in [-0.1, -0.05) is 71.7 Å². The predicted molar refractivity (Wildman–Crippen MR) is 79.8 cm³/mol. The number of hydrogen-bond donors (Lipinski definition) is 0. The van der Waals surface area contributed by atoms with Crippen LogP contribution in [0, 0.1) is 0 Å². The van der Waals surface area contributed by atoms with E-state index in [1.807, 2.05) is 18.2 Å². The van der Waals surface area contributed by atoms with Crippen LogP contribution in [0.5, 0.6) is 0 Å². The fraction of sp³-hybridized carbons (Fsp3) is 0.143. The second-order valence-corrected chi connectivity index (χ2v) is 6.97. The van der Waals surface area contributed by atoms with E-state index >= 15 is 0 Å². The zero-order valence-corrected chi connectivity index (χ0v) is 11.2. The maximum absolute atomic E-state index is 5.86. The molecule has 0 saturated heterocycles. The molecule has 2 aromatic carbocycles. The normalized spacial score (nSPS) is 10.8. The molecule has 0 aliphatic carbocycles. The summed E-state index contributed by atoms with van der Waals surface area (Å²) < 4.78 is 0. The average molecular weight is 231 g/mol. The van der Waals surface area contributed by atoms with Crippen LogP contribution in [0.4, 0.5) is 0 Å². The van der Waals surface area contributed by atoms with Gasteiger partial charge in [0.1, 0.15) is 15.7 Å². The van der Waals surface area contributed by atoms with Gasteiger partial charge in [-0.25, -0.2) is 0 Å². The third kappa shape index (κ3) is 2.72. The summed E-state index contributed by atoms with van der Waals surface area (Å²) in [7, 11) is 11.0. The Balaban J connectivity index is 2.54. The van der Waals surface area contributed by atoms with Crippen molar-refractivity contribution in [2.45, 2.75) is 13.1 Å². The second kappa shape index (κ2) is 4.97. The van der Waals surface area contributed by atoms with Crippen molar-refractivity contribution in [3.8, 4) is 11.1 Å². The van der Waals surface area contributed by atoms with Crippen molar-refractivity contribution < 1.29 is 0 Å². The molecule has 3 heteroatoms. The fourth-order valence-corrected chi connectivity index (χ4v) is 3.11. The minimum absolute atomic E-state index is 0.532. The van der Waals surface area contributed by atoms with Crippen molar-refractivity contribution >= 4 is 40.6 Å². The Bertz CT molecular complexity index is 518. The Morgan fingerprint density at radius 3 is 2.00 bits per heavy atom. The van der Waals surface area contributed by atoms with E-state index in [0.717, 1.165) is 10.9 Å². The van der Waals surface area contributed by atoms with E-state index < -0.39 is 8.80 Å². The Labute approximate surface area is 107 Å². The molecule has 0 atom stereocenters. The summed E-state index contributed by atoms with van der Waals surface area (Å²) >= 11 is 0. The van der Waals surface area contributed by atoms with Crippen LogP contribution in [0.15, 0.2) is 42.5 Å². The molecule has 0 N–H and O–H groups in total. The lowest BCUT2D eigenvalue weighted by Crippen LogP contribution is -2.28. The van der Waals surface area contributed by atoms with Crippen LogP contribution in [-0.4, -0.2) is 24.5 Å². The van der Waals surface area contributed by atoms with Gasteiger partial charge in [-0.2, -0.15) is 0 Å². The highest BCUT2D eigenvalue weighted by Crippen LogP contribution is 2.16. The van der Waals surface area contributed by atoms with Crippen molar-refractivity contribution in [3.63, 3.8) is 0 Å². The average Bonchev–Trinajstić information content (AvgIpc) is 2.30. The topological polar surface area (TPSA) is 0 Å². The zero-order chi connectivity index (χ0) is 12.4. The standard InChI is InChI=1S/C14H13B2Si/c1-17(2)14-9-12(16)7-8-13(14)10-3-5-11(15)6-4-10/h3-9H,1-2H3. The first-order valence-electron chi connectivity index (χ1n) is 5.64. The Hall–Kier alpha value is -1.21. The smallest absolute Gasteiger partial charge is 0.0968 e. The van der Waals surface area contributed by atoms with Gasteiger partial charge in [0, 0.05) is 0 Å². The van der Waals surface area contributed by atoms with E-state index in [4.69, 9.17) is 15.7 Å². The molecule has 5 radical (unpaired) electrons. The first-order valence-corrected chi connectivity index (χ1v) is 8.14. The maximum atomic E-state index is 5.86. The quantitative estimate of drug-likeness (QED) is 0.673. The third-order valence-electron chi connectivity index (χ3n) is 2.80. The lowest BCUT2D eigenvalue weighted by atomic mass is 9.91. The van der Waals surface area contributed by atoms with Gasteiger partial charge in [-0.3, -0.25) is 0 Å². The molecule has 0 unspecified atom stereocenters. The monoisotopic (exact) mass is 231 g/mol. The van der Waals surface area contributed by atoms with Crippen LogP contribution in [0.25, 0.3) is 11.1 Å². The summed E-state index contributed by atoms with van der Waals surface area (Å²) in [6.45, 7) is 4.56. The van der Waals surface area contributed by atoms with E-state index in [1.54, 1.807) is 0 Å². The zero-order valence-electron chi connectivity index (χ0n) is 10.2. The number of benzene rings is 2.